The van der Waals surface area contributed by atoms with E-state index in [1.165, 1.54) is 17.5 Å². The molecular formula is C29H47N3O2. The maximum atomic E-state index is 12.6. The van der Waals surface area contributed by atoms with Crippen LogP contribution in [-0.4, -0.2) is 49.7 Å². The molecule has 1 aromatic rings. The third-order valence-electron chi connectivity index (χ3n) is 7.49. The van der Waals surface area contributed by atoms with E-state index in [-0.39, 0.29) is 12.0 Å². The van der Waals surface area contributed by atoms with Gasteiger partial charge in [-0.15, -0.1) is 0 Å². The summed E-state index contributed by atoms with van der Waals surface area (Å²) in [6.45, 7) is 7.47. The lowest BCUT2D eigenvalue weighted by molar-refractivity contribution is -0.120. The predicted molar refractivity (Wildman–Crippen MR) is 141 cm³/mol. The van der Waals surface area contributed by atoms with E-state index in [4.69, 9.17) is 10.5 Å². The van der Waals surface area contributed by atoms with Crippen molar-refractivity contribution in [3.8, 4) is 0 Å². The smallest absolute Gasteiger partial charge is 0.136 e. The number of rotatable bonds is 16. The first-order chi connectivity index (χ1) is 16.5. The summed E-state index contributed by atoms with van der Waals surface area (Å²) in [7, 11) is 2.09. The molecule has 0 amide bonds. The minimum atomic E-state index is 0.0953. The van der Waals surface area contributed by atoms with Crippen LogP contribution in [0.25, 0.3) is 0 Å². The third-order valence-corrected chi connectivity index (χ3v) is 7.49. The van der Waals surface area contributed by atoms with E-state index in [0.717, 1.165) is 64.6 Å². The first-order valence-electron chi connectivity index (χ1n) is 13.6. The second-order valence-corrected chi connectivity index (χ2v) is 10.3. The number of benzene rings is 1. The molecule has 6 atom stereocenters. The molecule has 0 aromatic heterocycles. The number of likely N-dealkylation sites (N-methyl/N-ethyl adjacent to an activating group) is 1. The van der Waals surface area contributed by atoms with Gasteiger partial charge in [0.2, 0.25) is 0 Å². The summed E-state index contributed by atoms with van der Waals surface area (Å²) in [4.78, 5) is 14.8. The predicted octanol–water partition coefficient (Wildman–Crippen LogP) is 5.32. The first-order valence-corrected chi connectivity index (χ1v) is 13.6. The quantitative estimate of drug-likeness (QED) is 0.195. The van der Waals surface area contributed by atoms with Crippen LogP contribution in [0, 0.1) is 5.92 Å². The number of Topliss-reactive ketones (excluding diaryl/α,β-unsaturated/α-hetero) is 1. The Labute approximate surface area is 207 Å². The van der Waals surface area contributed by atoms with Gasteiger partial charge in [-0.1, -0.05) is 49.8 Å². The molecular weight excluding hydrogens is 422 g/mol. The van der Waals surface area contributed by atoms with Gasteiger partial charge in [0.05, 0.1) is 6.10 Å². The van der Waals surface area contributed by atoms with Crippen LogP contribution in [0.4, 0.5) is 0 Å². The topological polar surface area (TPSA) is 67.4 Å². The minimum Gasteiger partial charge on any atom is -0.359 e. The van der Waals surface area contributed by atoms with Gasteiger partial charge in [0.25, 0.3) is 0 Å². The highest BCUT2D eigenvalue weighted by molar-refractivity contribution is 5.84. The van der Waals surface area contributed by atoms with E-state index in [9.17, 15) is 4.79 Å². The Morgan fingerprint density at radius 1 is 1.18 bits per heavy atom. The molecule has 34 heavy (non-hydrogen) atoms. The first kappa shape index (κ1) is 27.1. The van der Waals surface area contributed by atoms with Crippen LogP contribution in [0.2, 0.25) is 0 Å². The number of hydrogen-bond acceptors (Lipinski definition) is 5. The van der Waals surface area contributed by atoms with Crippen molar-refractivity contribution in [3.63, 3.8) is 0 Å². The van der Waals surface area contributed by atoms with Gasteiger partial charge in [-0.3, -0.25) is 9.69 Å². The van der Waals surface area contributed by atoms with E-state index in [2.05, 4.69) is 67.5 Å². The Hall–Kier alpha value is -1.53. The lowest BCUT2D eigenvalue weighted by Crippen LogP contribution is -2.15. The molecule has 190 valence electrons. The van der Waals surface area contributed by atoms with E-state index in [1.807, 2.05) is 0 Å². The molecule has 0 bridgehead atoms. The third kappa shape index (κ3) is 8.60. The Balaban J connectivity index is 1.40. The molecule has 5 heteroatoms. The van der Waals surface area contributed by atoms with Crippen LogP contribution < -0.4 is 11.1 Å². The highest BCUT2D eigenvalue weighted by atomic mass is 16.5. The summed E-state index contributed by atoms with van der Waals surface area (Å²) in [5.74, 6) is 0.882. The Kier molecular flexibility index (Phi) is 11.2. The van der Waals surface area contributed by atoms with Crippen molar-refractivity contribution in [2.45, 2.75) is 95.9 Å². The van der Waals surface area contributed by atoms with Gasteiger partial charge in [0.1, 0.15) is 12.0 Å². The fourth-order valence-corrected chi connectivity index (χ4v) is 5.12. The zero-order valence-electron chi connectivity index (χ0n) is 21.7. The maximum Gasteiger partial charge on any atom is 0.136 e. The number of carbonyl (C=O) groups is 1. The molecule has 2 fully saturated rings. The molecule has 1 saturated heterocycles. The Morgan fingerprint density at radius 2 is 1.94 bits per heavy atom. The van der Waals surface area contributed by atoms with Gasteiger partial charge in [-0.25, -0.2) is 0 Å². The average Bonchev–Trinajstić information content (AvgIpc) is 3.40. The SMILES string of the molecule is CCNCCCCC(N)c1ccc([C@H]2CCC(=O)[C@@H]2C/C=C\CCCC(C)OC2CN2C)cc1. The van der Waals surface area contributed by atoms with Gasteiger partial charge in [0.15, 0.2) is 0 Å². The fourth-order valence-electron chi connectivity index (χ4n) is 5.12. The normalized spacial score (nSPS) is 26.3. The molecule has 1 aliphatic heterocycles. The van der Waals surface area contributed by atoms with Crippen molar-refractivity contribution in [2.24, 2.45) is 11.7 Å². The number of allylic oxidation sites excluding steroid dienone is 2. The van der Waals surface area contributed by atoms with Crippen LogP contribution in [-0.2, 0) is 9.53 Å². The van der Waals surface area contributed by atoms with Crippen molar-refractivity contribution in [3.05, 3.63) is 47.5 Å². The lowest BCUT2D eigenvalue weighted by atomic mass is 9.85. The van der Waals surface area contributed by atoms with Crippen LogP contribution in [0.3, 0.4) is 0 Å². The maximum absolute atomic E-state index is 12.6. The summed E-state index contributed by atoms with van der Waals surface area (Å²) >= 11 is 0. The number of carbonyl (C=O) groups excluding carboxylic acids is 1. The summed E-state index contributed by atoms with van der Waals surface area (Å²) in [6.07, 6.45) is 14.3. The molecule has 0 radical (unpaired) electrons. The van der Waals surface area contributed by atoms with E-state index >= 15 is 0 Å². The summed E-state index contributed by atoms with van der Waals surface area (Å²) in [6, 6.07) is 8.89. The number of nitrogens with zero attached hydrogens (tertiary/aromatic N) is 1. The number of nitrogens with one attached hydrogen (secondary N) is 1. The van der Waals surface area contributed by atoms with E-state index in [1.54, 1.807) is 0 Å². The number of hydrogen-bond donors (Lipinski definition) is 2. The standard InChI is InChI=1S/C29H47N3O2/c1-4-31-20-10-9-13-27(30)24-16-14-23(15-17-24)25-18-19-28(33)26(25)12-8-6-5-7-11-22(2)34-29-21-32(29)3/h6,8,14-17,22,25-27,29,31H,4-5,7,9-13,18-21,30H2,1-3H3/b8-6-/t22?,25-,26-,27?,29?,32?/m1/s1. The number of unbranched alkanes of at least 4 members (excludes halogenated alkanes) is 2. The highest BCUT2D eigenvalue weighted by Gasteiger charge is 2.34. The molecule has 1 aliphatic carbocycles. The van der Waals surface area contributed by atoms with Gasteiger partial charge in [-0.2, -0.15) is 0 Å². The molecule has 2 aliphatic rings. The van der Waals surface area contributed by atoms with Gasteiger partial charge in [0, 0.05) is 24.9 Å². The number of ketones is 1. The summed E-state index contributed by atoms with van der Waals surface area (Å²) < 4.78 is 5.94. The van der Waals surface area contributed by atoms with Crippen molar-refractivity contribution >= 4 is 5.78 Å². The van der Waals surface area contributed by atoms with E-state index in [0.29, 0.717) is 30.5 Å². The van der Waals surface area contributed by atoms with Crippen LogP contribution >= 0.6 is 0 Å². The van der Waals surface area contributed by atoms with Gasteiger partial charge >= 0.3 is 0 Å². The Morgan fingerprint density at radius 3 is 2.65 bits per heavy atom. The molecule has 3 rings (SSSR count). The van der Waals surface area contributed by atoms with Crippen molar-refractivity contribution in [1.82, 2.24) is 10.2 Å². The van der Waals surface area contributed by atoms with Crippen LogP contribution in [0.1, 0.15) is 94.7 Å². The lowest BCUT2D eigenvalue weighted by Gasteiger charge is -2.19. The van der Waals surface area contributed by atoms with Crippen molar-refractivity contribution in [2.75, 3.05) is 26.7 Å². The van der Waals surface area contributed by atoms with Crippen molar-refractivity contribution < 1.29 is 9.53 Å². The zero-order chi connectivity index (χ0) is 24.3. The highest BCUT2D eigenvalue weighted by Crippen LogP contribution is 2.40. The van der Waals surface area contributed by atoms with E-state index < -0.39 is 0 Å². The summed E-state index contributed by atoms with van der Waals surface area (Å²) in [5, 5.41) is 3.37. The molecule has 1 aromatic carbocycles. The fraction of sp³-hybridized carbons (Fsp3) is 0.690. The molecule has 4 unspecified atom stereocenters. The summed E-state index contributed by atoms with van der Waals surface area (Å²) in [5.41, 5.74) is 8.93. The Bertz CT molecular complexity index is 763. The van der Waals surface area contributed by atoms with Crippen LogP contribution in [0.15, 0.2) is 36.4 Å². The number of ether oxygens (including phenoxy) is 1. The van der Waals surface area contributed by atoms with Gasteiger partial charge in [-0.05, 0) is 89.1 Å². The zero-order valence-corrected chi connectivity index (χ0v) is 21.7. The molecule has 0 spiro atoms. The number of nitrogens with two attached hydrogens (primary N) is 1. The molecule has 3 N–H and O–H groups in total. The molecule has 5 nitrogen and oxygen atoms in total. The second kappa shape index (κ2) is 14.1. The molecule has 1 heterocycles. The largest absolute Gasteiger partial charge is 0.359 e. The van der Waals surface area contributed by atoms with Gasteiger partial charge < -0.3 is 15.8 Å². The van der Waals surface area contributed by atoms with Crippen molar-refractivity contribution in [1.29, 1.82) is 0 Å². The second-order valence-electron chi connectivity index (χ2n) is 10.3. The average molecular weight is 470 g/mol. The molecule has 1 saturated carbocycles. The van der Waals surface area contributed by atoms with Crippen LogP contribution in [0.5, 0.6) is 0 Å². The monoisotopic (exact) mass is 469 g/mol. The minimum absolute atomic E-state index is 0.0953.